The highest BCUT2D eigenvalue weighted by Crippen LogP contribution is 2.14. The van der Waals surface area contributed by atoms with Crippen LogP contribution in [0.4, 0.5) is 0 Å². The summed E-state index contributed by atoms with van der Waals surface area (Å²) in [4.78, 5) is 22.1. The normalized spacial score (nSPS) is 14.3. The second-order valence-electron chi connectivity index (χ2n) is 7.99. The van der Waals surface area contributed by atoms with Gasteiger partial charge >= 0.3 is 5.97 Å². The van der Waals surface area contributed by atoms with Crippen LogP contribution in [-0.4, -0.2) is 57.2 Å². The fraction of sp³-hybridized carbons (Fsp3) is 0.909. The molecular weight excluding hydrogens is 374 g/mol. The van der Waals surface area contributed by atoms with Crippen molar-refractivity contribution in [2.45, 2.75) is 121 Å². The van der Waals surface area contributed by atoms with Crippen molar-refractivity contribution in [1.82, 2.24) is 5.32 Å². The molecule has 7 nitrogen and oxygen atoms in total. The number of unbranched alkanes of at least 4 members (excludes halogenated alkanes) is 11. The van der Waals surface area contributed by atoms with Crippen molar-refractivity contribution in [3.8, 4) is 0 Å². The van der Waals surface area contributed by atoms with Crippen LogP contribution in [0.3, 0.4) is 0 Å². The van der Waals surface area contributed by atoms with Crippen LogP contribution >= 0.6 is 0 Å². The van der Waals surface area contributed by atoms with Crippen LogP contribution in [0.5, 0.6) is 0 Å². The van der Waals surface area contributed by atoms with E-state index in [0.717, 1.165) is 19.3 Å². The fourth-order valence-corrected chi connectivity index (χ4v) is 3.37. The quantitative estimate of drug-likeness (QED) is 0.194. The SMILES string of the molecule is CCCCCCCCCCCCCC[C@@H](O)[C@@H](O)C(CO)NC(=O)CCC(=O)O. The van der Waals surface area contributed by atoms with E-state index in [0.29, 0.717) is 6.42 Å². The summed E-state index contributed by atoms with van der Waals surface area (Å²) in [5.74, 6) is -1.66. The third kappa shape index (κ3) is 16.3. The Balaban J connectivity index is 3.76. The molecule has 0 aromatic heterocycles. The molecular formula is C22H43NO6. The summed E-state index contributed by atoms with van der Waals surface area (Å²) >= 11 is 0. The zero-order valence-electron chi connectivity index (χ0n) is 18.2. The maximum atomic E-state index is 11.6. The number of nitrogens with one attached hydrogen (secondary N) is 1. The largest absolute Gasteiger partial charge is 0.481 e. The Kier molecular flexibility index (Phi) is 18.1. The van der Waals surface area contributed by atoms with E-state index in [4.69, 9.17) is 5.11 Å². The van der Waals surface area contributed by atoms with Gasteiger partial charge in [0.05, 0.1) is 25.2 Å². The number of hydrogen-bond donors (Lipinski definition) is 5. The lowest BCUT2D eigenvalue weighted by molar-refractivity contribution is -0.139. The molecule has 29 heavy (non-hydrogen) atoms. The van der Waals surface area contributed by atoms with Crippen LogP contribution in [0.25, 0.3) is 0 Å². The van der Waals surface area contributed by atoms with E-state index in [1.165, 1.54) is 57.8 Å². The van der Waals surface area contributed by atoms with E-state index in [1.807, 2.05) is 0 Å². The Morgan fingerprint density at radius 2 is 1.28 bits per heavy atom. The van der Waals surface area contributed by atoms with Gasteiger partial charge in [-0.2, -0.15) is 0 Å². The number of carbonyl (C=O) groups excluding carboxylic acids is 1. The van der Waals surface area contributed by atoms with E-state index in [-0.39, 0.29) is 12.8 Å². The third-order valence-corrected chi connectivity index (χ3v) is 5.27. The number of aliphatic hydroxyl groups excluding tert-OH is 3. The minimum absolute atomic E-state index is 0.229. The zero-order valence-corrected chi connectivity index (χ0v) is 18.2. The second-order valence-corrected chi connectivity index (χ2v) is 7.99. The molecule has 172 valence electrons. The van der Waals surface area contributed by atoms with Crippen LogP contribution in [0, 0.1) is 0 Å². The van der Waals surface area contributed by atoms with Crippen molar-refractivity contribution in [2.24, 2.45) is 0 Å². The summed E-state index contributed by atoms with van der Waals surface area (Å²) < 4.78 is 0. The molecule has 0 heterocycles. The number of amides is 1. The topological polar surface area (TPSA) is 127 Å². The average Bonchev–Trinajstić information content (AvgIpc) is 2.70. The second kappa shape index (κ2) is 18.8. The molecule has 0 saturated heterocycles. The fourth-order valence-electron chi connectivity index (χ4n) is 3.37. The Labute approximate surface area is 175 Å². The number of carboxylic acids is 1. The Morgan fingerprint density at radius 3 is 1.72 bits per heavy atom. The van der Waals surface area contributed by atoms with Crippen molar-refractivity contribution < 1.29 is 30.0 Å². The Morgan fingerprint density at radius 1 is 0.793 bits per heavy atom. The maximum absolute atomic E-state index is 11.6. The Bertz CT molecular complexity index is 418. The van der Waals surface area contributed by atoms with Crippen LogP contribution in [-0.2, 0) is 9.59 Å². The van der Waals surface area contributed by atoms with Gasteiger partial charge in [0, 0.05) is 6.42 Å². The highest BCUT2D eigenvalue weighted by Gasteiger charge is 2.27. The molecule has 0 aromatic carbocycles. The van der Waals surface area contributed by atoms with Gasteiger partial charge in [0.15, 0.2) is 0 Å². The monoisotopic (exact) mass is 417 g/mol. The number of aliphatic hydroxyl groups is 3. The standard InChI is InChI=1S/C22H43NO6/c1-2-3-4-5-6-7-8-9-10-11-12-13-14-19(25)22(29)18(17-24)23-20(26)15-16-21(27)28/h18-19,22,24-25,29H,2-17H2,1H3,(H,23,26)(H,27,28)/t18?,19-,22+/m1/s1. The van der Waals surface area contributed by atoms with Crippen molar-refractivity contribution in [3.05, 3.63) is 0 Å². The minimum atomic E-state index is -1.28. The van der Waals surface area contributed by atoms with Gasteiger partial charge in [0.1, 0.15) is 6.10 Å². The minimum Gasteiger partial charge on any atom is -0.481 e. The predicted molar refractivity (Wildman–Crippen MR) is 114 cm³/mol. The summed E-state index contributed by atoms with van der Waals surface area (Å²) in [6.07, 6.45) is 12.1. The molecule has 0 aromatic rings. The van der Waals surface area contributed by atoms with E-state index >= 15 is 0 Å². The molecule has 0 saturated carbocycles. The lowest BCUT2D eigenvalue weighted by atomic mass is 9.99. The van der Waals surface area contributed by atoms with Gasteiger partial charge in [-0.15, -0.1) is 0 Å². The lowest BCUT2D eigenvalue weighted by Crippen LogP contribution is -2.50. The molecule has 0 rings (SSSR count). The van der Waals surface area contributed by atoms with Crippen molar-refractivity contribution in [3.63, 3.8) is 0 Å². The first-order valence-electron chi connectivity index (χ1n) is 11.4. The molecule has 7 heteroatoms. The van der Waals surface area contributed by atoms with E-state index < -0.39 is 36.7 Å². The molecule has 1 amide bonds. The van der Waals surface area contributed by atoms with Gasteiger partial charge in [-0.1, -0.05) is 84.0 Å². The number of hydrogen-bond acceptors (Lipinski definition) is 5. The molecule has 0 spiro atoms. The number of aliphatic carboxylic acids is 1. The van der Waals surface area contributed by atoms with Crippen molar-refractivity contribution in [1.29, 1.82) is 0 Å². The van der Waals surface area contributed by atoms with Crippen molar-refractivity contribution in [2.75, 3.05) is 6.61 Å². The van der Waals surface area contributed by atoms with Gasteiger partial charge in [0.25, 0.3) is 0 Å². The number of carboxylic acid groups (broad SMARTS) is 1. The lowest BCUT2D eigenvalue weighted by Gasteiger charge is -2.26. The molecule has 0 aliphatic rings. The molecule has 3 atom stereocenters. The zero-order chi connectivity index (χ0) is 21.9. The highest BCUT2D eigenvalue weighted by molar-refractivity contribution is 5.80. The molecule has 0 fully saturated rings. The highest BCUT2D eigenvalue weighted by atomic mass is 16.4. The predicted octanol–water partition coefficient (Wildman–Crippen LogP) is 3.14. The van der Waals surface area contributed by atoms with E-state index in [1.54, 1.807) is 0 Å². The third-order valence-electron chi connectivity index (χ3n) is 5.27. The molecule has 0 bridgehead atoms. The number of carbonyl (C=O) groups is 2. The van der Waals surface area contributed by atoms with Gasteiger partial charge < -0.3 is 25.7 Å². The van der Waals surface area contributed by atoms with Crippen LogP contribution in [0.2, 0.25) is 0 Å². The first-order chi connectivity index (χ1) is 13.9. The molecule has 5 N–H and O–H groups in total. The van der Waals surface area contributed by atoms with E-state index in [2.05, 4.69) is 12.2 Å². The Hall–Kier alpha value is -1.18. The summed E-state index contributed by atoms with van der Waals surface area (Å²) in [6, 6.07) is -0.997. The van der Waals surface area contributed by atoms with E-state index in [9.17, 15) is 24.9 Å². The number of rotatable bonds is 20. The average molecular weight is 418 g/mol. The van der Waals surface area contributed by atoms with Gasteiger partial charge in [-0.25, -0.2) is 0 Å². The summed E-state index contributed by atoms with van der Waals surface area (Å²) in [5.41, 5.74) is 0. The van der Waals surface area contributed by atoms with Crippen LogP contribution in [0.1, 0.15) is 103 Å². The van der Waals surface area contributed by atoms with Gasteiger partial charge in [0.2, 0.25) is 5.91 Å². The van der Waals surface area contributed by atoms with Gasteiger partial charge in [-0.3, -0.25) is 9.59 Å². The van der Waals surface area contributed by atoms with Crippen LogP contribution in [0.15, 0.2) is 0 Å². The molecule has 0 radical (unpaired) electrons. The maximum Gasteiger partial charge on any atom is 0.303 e. The van der Waals surface area contributed by atoms with Crippen molar-refractivity contribution >= 4 is 11.9 Å². The van der Waals surface area contributed by atoms with Crippen LogP contribution < -0.4 is 5.32 Å². The first-order valence-corrected chi connectivity index (χ1v) is 11.4. The molecule has 0 aliphatic heterocycles. The summed E-state index contributed by atoms with van der Waals surface area (Å²) in [5, 5.41) is 40.5. The summed E-state index contributed by atoms with van der Waals surface area (Å²) in [7, 11) is 0. The smallest absolute Gasteiger partial charge is 0.303 e. The first kappa shape index (κ1) is 27.8. The summed E-state index contributed by atoms with van der Waals surface area (Å²) in [6.45, 7) is 1.71. The van der Waals surface area contributed by atoms with Gasteiger partial charge in [-0.05, 0) is 6.42 Å². The molecule has 0 aliphatic carbocycles. The molecule has 1 unspecified atom stereocenters.